The lowest BCUT2D eigenvalue weighted by molar-refractivity contribution is -0.154. The second-order valence-electron chi connectivity index (χ2n) is 15.2. The van der Waals surface area contributed by atoms with Crippen LogP contribution in [0.25, 0.3) is 0 Å². The summed E-state index contributed by atoms with van der Waals surface area (Å²) in [6.45, 7) is 4.64. The largest absolute Gasteiger partial charge is 0.472 e. The van der Waals surface area contributed by atoms with Crippen LogP contribution in [0, 0.1) is 0 Å². The van der Waals surface area contributed by atoms with Crippen LogP contribution in [0.2, 0.25) is 0 Å². The lowest BCUT2D eigenvalue weighted by Crippen LogP contribution is -2.28. The summed E-state index contributed by atoms with van der Waals surface area (Å²) in [6, 6.07) is 0. The van der Waals surface area contributed by atoms with Gasteiger partial charge in [-0.1, -0.05) is 182 Å². The molecule has 0 bridgehead atoms. The van der Waals surface area contributed by atoms with Gasteiger partial charge in [-0.05, 0) is 89.9 Å². The van der Waals surface area contributed by atoms with Gasteiger partial charge in [0.15, 0.2) is 0 Å². The molecule has 0 fully saturated rings. The number of rotatable bonds is 44. The zero-order valence-electron chi connectivity index (χ0n) is 38.2. The van der Waals surface area contributed by atoms with E-state index in [0.29, 0.717) is 13.0 Å². The molecule has 344 valence electrons. The molecule has 0 aliphatic rings. The fourth-order valence-electron chi connectivity index (χ4n) is 6.10. The summed E-state index contributed by atoms with van der Waals surface area (Å²) >= 11 is 0. The number of hydrogen-bond donors (Lipinski definition) is 2. The molecule has 0 amide bonds. The summed E-state index contributed by atoms with van der Waals surface area (Å²) in [5.74, 6) is -0.347. The number of hydrogen-bond acceptors (Lipinski definition) is 7. The first-order valence-corrected chi connectivity index (χ1v) is 25.2. The molecule has 0 aromatic rings. The van der Waals surface area contributed by atoms with Crippen LogP contribution in [-0.4, -0.2) is 49.9 Å². The first-order valence-electron chi connectivity index (χ1n) is 23.7. The molecule has 0 heterocycles. The van der Waals surface area contributed by atoms with Crippen LogP contribution in [0.3, 0.4) is 0 Å². The highest BCUT2D eigenvalue weighted by Crippen LogP contribution is 2.43. The van der Waals surface area contributed by atoms with Crippen molar-refractivity contribution in [2.45, 2.75) is 187 Å². The van der Waals surface area contributed by atoms with E-state index in [-0.39, 0.29) is 32.3 Å². The van der Waals surface area contributed by atoms with Gasteiger partial charge in [0.05, 0.1) is 19.8 Å². The second kappa shape index (κ2) is 47.5. The molecule has 0 spiro atoms. The van der Waals surface area contributed by atoms with Crippen molar-refractivity contribution in [3.05, 3.63) is 97.2 Å². The summed E-state index contributed by atoms with van der Waals surface area (Å²) < 4.78 is 33.5. The predicted molar refractivity (Wildman–Crippen MR) is 256 cm³/mol. The van der Waals surface area contributed by atoms with Crippen LogP contribution in [0.15, 0.2) is 97.2 Å². The van der Waals surface area contributed by atoms with Gasteiger partial charge < -0.3 is 20.1 Å². The van der Waals surface area contributed by atoms with E-state index in [1.54, 1.807) is 0 Å². The number of esters is 1. The van der Waals surface area contributed by atoms with Crippen molar-refractivity contribution in [2.24, 2.45) is 5.73 Å². The molecular weight excluding hydrogens is 770 g/mol. The summed E-state index contributed by atoms with van der Waals surface area (Å²) in [6.07, 6.45) is 62.8. The van der Waals surface area contributed by atoms with Gasteiger partial charge in [0.2, 0.25) is 0 Å². The molecule has 0 saturated carbocycles. The maximum absolute atomic E-state index is 12.6. The van der Waals surface area contributed by atoms with Gasteiger partial charge >= 0.3 is 13.8 Å². The third-order valence-electron chi connectivity index (χ3n) is 9.50. The quantitative estimate of drug-likeness (QED) is 0.0269. The van der Waals surface area contributed by atoms with Crippen LogP contribution >= 0.6 is 7.82 Å². The molecule has 2 unspecified atom stereocenters. The van der Waals surface area contributed by atoms with Crippen LogP contribution in [0.1, 0.15) is 181 Å². The Morgan fingerprint density at radius 2 is 0.883 bits per heavy atom. The molecule has 0 aliphatic carbocycles. The molecule has 9 heteroatoms. The number of nitrogens with two attached hydrogens (primary N) is 1. The Hall–Kier alpha value is -2.58. The molecule has 0 aromatic heterocycles. The summed E-state index contributed by atoms with van der Waals surface area (Å²) in [5.41, 5.74) is 5.38. The van der Waals surface area contributed by atoms with E-state index in [1.165, 1.54) is 57.8 Å². The lowest BCUT2D eigenvalue weighted by atomic mass is 10.1. The number of phosphoric ester groups is 1. The van der Waals surface area contributed by atoms with Crippen LogP contribution in [0.5, 0.6) is 0 Å². The van der Waals surface area contributed by atoms with Gasteiger partial charge in [-0.2, -0.15) is 0 Å². The third kappa shape index (κ3) is 46.5. The highest BCUT2D eigenvalue weighted by Gasteiger charge is 2.25. The first kappa shape index (κ1) is 57.4. The van der Waals surface area contributed by atoms with E-state index in [4.69, 9.17) is 24.3 Å². The minimum absolute atomic E-state index is 0.0914. The Labute approximate surface area is 368 Å². The van der Waals surface area contributed by atoms with Crippen molar-refractivity contribution in [3.8, 4) is 0 Å². The highest BCUT2D eigenvalue weighted by molar-refractivity contribution is 7.47. The summed E-state index contributed by atoms with van der Waals surface area (Å²) in [7, 11) is -4.29. The Morgan fingerprint density at radius 3 is 1.32 bits per heavy atom. The van der Waals surface area contributed by atoms with Gasteiger partial charge in [-0.3, -0.25) is 13.8 Å². The van der Waals surface area contributed by atoms with Crippen molar-refractivity contribution in [2.75, 3.05) is 33.0 Å². The smallest absolute Gasteiger partial charge is 0.457 e. The standard InChI is InChI=1S/C51H88NO7P/c1-3-5-7-9-11-13-15-17-19-21-23-25-26-28-30-32-34-36-38-40-42-44-51(53)59-50(49-58-60(54,55)57-47-45-52)48-56-46-43-41-39-37-35-33-31-29-27-24-22-20-18-16-14-12-10-8-6-4-2/h5-8,11-14,17-20,23-25,27,50H,3-4,9-10,15-16,21-22,26,28-49,52H2,1-2H3,(H,54,55)/b7-5-,8-6-,13-11-,14-12-,19-17-,20-18-,25-23-,27-24-. The Bertz CT molecular complexity index is 1240. The highest BCUT2D eigenvalue weighted by atomic mass is 31.2. The molecule has 0 saturated heterocycles. The van der Waals surface area contributed by atoms with Gasteiger partial charge in [-0.15, -0.1) is 0 Å². The summed E-state index contributed by atoms with van der Waals surface area (Å²) in [4.78, 5) is 22.6. The first-order chi connectivity index (χ1) is 29.4. The zero-order valence-corrected chi connectivity index (χ0v) is 39.1. The van der Waals surface area contributed by atoms with E-state index < -0.39 is 13.9 Å². The summed E-state index contributed by atoms with van der Waals surface area (Å²) in [5, 5.41) is 0. The molecule has 60 heavy (non-hydrogen) atoms. The molecule has 0 aromatic carbocycles. The van der Waals surface area contributed by atoms with Crippen molar-refractivity contribution in [1.29, 1.82) is 0 Å². The molecule has 2 atom stereocenters. The molecule has 8 nitrogen and oxygen atoms in total. The lowest BCUT2D eigenvalue weighted by Gasteiger charge is -2.20. The van der Waals surface area contributed by atoms with Gasteiger partial charge in [0.25, 0.3) is 0 Å². The minimum atomic E-state index is -4.29. The fraction of sp³-hybridized carbons (Fsp3) is 0.667. The normalized spacial score (nSPS) is 14.3. The zero-order chi connectivity index (χ0) is 43.7. The van der Waals surface area contributed by atoms with Crippen LogP contribution < -0.4 is 5.73 Å². The van der Waals surface area contributed by atoms with Gasteiger partial charge in [0, 0.05) is 19.6 Å². The number of carbonyl (C=O) groups excluding carboxylic acids is 1. The average molecular weight is 858 g/mol. The average Bonchev–Trinajstić information content (AvgIpc) is 3.24. The molecule has 0 aliphatic heterocycles. The minimum Gasteiger partial charge on any atom is -0.457 e. The van der Waals surface area contributed by atoms with Crippen molar-refractivity contribution < 1.29 is 32.8 Å². The monoisotopic (exact) mass is 858 g/mol. The van der Waals surface area contributed by atoms with Gasteiger partial charge in [0.1, 0.15) is 6.10 Å². The van der Waals surface area contributed by atoms with E-state index in [2.05, 4.69) is 111 Å². The maximum Gasteiger partial charge on any atom is 0.472 e. The fourth-order valence-corrected chi connectivity index (χ4v) is 6.86. The molecule has 0 rings (SSSR count). The number of carbonyl (C=O) groups is 1. The SMILES string of the molecule is CC/C=C\C/C=C\C/C=C\C/C=C\CCCCCCCCCCC(=O)OC(COCCCCCCCCC/C=C\C/C=C\C/C=C\C/C=C\CC)COP(=O)(O)OCCN. The van der Waals surface area contributed by atoms with E-state index in [9.17, 15) is 14.3 Å². The predicted octanol–water partition coefficient (Wildman–Crippen LogP) is 14.6. The van der Waals surface area contributed by atoms with Crippen molar-refractivity contribution >= 4 is 13.8 Å². The Kier molecular flexibility index (Phi) is 45.4. The second-order valence-corrected chi connectivity index (χ2v) is 16.7. The molecule has 0 radical (unpaired) electrons. The number of unbranched alkanes of at least 4 members (excludes halogenated alkanes) is 15. The molecular formula is C51H88NO7P. The van der Waals surface area contributed by atoms with Gasteiger partial charge in [-0.25, -0.2) is 4.57 Å². The van der Waals surface area contributed by atoms with E-state index >= 15 is 0 Å². The van der Waals surface area contributed by atoms with Crippen LogP contribution in [-0.2, 0) is 27.9 Å². The van der Waals surface area contributed by atoms with E-state index in [1.807, 2.05) is 0 Å². The Balaban J connectivity index is 4.05. The maximum atomic E-state index is 12.6. The van der Waals surface area contributed by atoms with E-state index in [0.717, 1.165) is 103 Å². The molecule has 3 N–H and O–H groups in total. The van der Waals surface area contributed by atoms with Crippen LogP contribution in [0.4, 0.5) is 0 Å². The Morgan fingerprint density at radius 1 is 0.500 bits per heavy atom. The van der Waals surface area contributed by atoms with Crippen molar-refractivity contribution in [1.82, 2.24) is 0 Å². The topological polar surface area (TPSA) is 117 Å². The third-order valence-corrected chi connectivity index (χ3v) is 10.5. The van der Waals surface area contributed by atoms with Crippen molar-refractivity contribution in [3.63, 3.8) is 0 Å². The number of phosphoric acid groups is 1. The number of ether oxygens (including phenoxy) is 2. The number of allylic oxidation sites excluding steroid dienone is 16.